The zero-order chi connectivity index (χ0) is 12.0. The molecule has 84 valence electrons. The van der Waals surface area contributed by atoms with Gasteiger partial charge in [-0.15, -0.1) is 0 Å². The van der Waals surface area contributed by atoms with Crippen molar-refractivity contribution in [2.24, 2.45) is 11.5 Å². The topological polar surface area (TPSA) is 113 Å². The van der Waals surface area contributed by atoms with Crippen LogP contribution in [0.25, 0.3) is 0 Å². The van der Waals surface area contributed by atoms with Gasteiger partial charge in [-0.2, -0.15) is 5.26 Å². The Balaban J connectivity index is 4.31. The lowest BCUT2D eigenvalue weighted by molar-refractivity contribution is -0.135. The van der Waals surface area contributed by atoms with Crippen LogP contribution in [0, 0.1) is 11.3 Å². The smallest absolute Gasteiger partial charge is 0.240 e. The molecule has 0 bridgehead atoms. The number of nitriles is 1. The summed E-state index contributed by atoms with van der Waals surface area (Å²) in [7, 11) is 1.55. The summed E-state index contributed by atoms with van der Waals surface area (Å²) in [6, 6.07) is 0.813. The van der Waals surface area contributed by atoms with Gasteiger partial charge >= 0.3 is 0 Å². The van der Waals surface area contributed by atoms with E-state index in [0.717, 1.165) is 0 Å². The molecule has 0 aromatic carbocycles. The lowest BCUT2D eigenvalue weighted by Gasteiger charge is -2.25. The van der Waals surface area contributed by atoms with Gasteiger partial charge in [0, 0.05) is 13.1 Å². The molecule has 0 fully saturated rings. The van der Waals surface area contributed by atoms with Gasteiger partial charge in [-0.3, -0.25) is 9.59 Å². The van der Waals surface area contributed by atoms with Gasteiger partial charge in [-0.25, -0.2) is 0 Å². The highest BCUT2D eigenvalue weighted by atomic mass is 16.2. The Morgan fingerprint density at radius 2 is 2.07 bits per heavy atom. The molecule has 0 aromatic rings. The van der Waals surface area contributed by atoms with E-state index >= 15 is 0 Å². The standard InChI is InChI=1S/C9H16N4O2/c1-6(3-4-10)13(2)9(15)7(11)5-8(12)14/h6-7H,3,5,11H2,1-2H3,(H2,12,14). The Hall–Kier alpha value is -1.61. The predicted molar refractivity (Wildman–Crippen MR) is 54.2 cm³/mol. The van der Waals surface area contributed by atoms with Gasteiger partial charge in [-0.1, -0.05) is 0 Å². The molecule has 0 saturated carbocycles. The average Bonchev–Trinajstić information content (AvgIpc) is 2.14. The largest absolute Gasteiger partial charge is 0.370 e. The minimum atomic E-state index is -0.923. The van der Waals surface area contributed by atoms with Crippen LogP contribution in [0.15, 0.2) is 0 Å². The Morgan fingerprint density at radius 1 is 1.53 bits per heavy atom. The first-order valence-electron chi connectivity index (χ1n) is 4.57. The zero-order valence-corrected chi connectivity index (χ0v) is 8.93. The molecule has 0 rings (SSSR count). The second-order valence-electron chi connectivity index (χ2n) is 3.44. The van der Waals surface area contributed by atoms with Crippen LogP contribution >= 0.6 is 0 Å². The first-order chi connectivity index (χ1) is 6.90. The van der Waals surface area contributed by atoms with Crippen LogP contribution in [0.2, 0.25) is 0 Å². The van der Waals surface area contributed by atoms with E-state index in [-0.39, 0.29) is 24.8 Å². The first kappa shape index (κ1) is 13.4. The van der Waals surface area contributed by atoms with E-state index in [1.807, 2.05) is 6.07 Å². The number of hydrogen-bond acceptors (Lipinski definition) is 4. The molecule has 0 saturated heterocycles. The van der Waals surface area contributed by atoms with Crippen molar-refractivity contribution in [2.75, 3.05) is 7.05 Å². The monoisotopic (exact) mass is 212 g/mol. The zero-order valence-electron chi connectivity index (χ0n) is 8.93. The summed E-state index contributed by atoms with van der Waals surface area (Å²) in [6.07, 6.45) is 0.0496. The molecule has 0 spiro atoms. The number of primary amides is 1. The third-order valence-electron chi connectivity index (χ3n) is 2.13. The molecule has 0 heterocycles. The van der Waals surface area contributed by atoms with Crippen molar-refractivity contribution >= 4 is 11.8 Å². The molecule has 6 heteroatoms. The van der Waals surface area contributed by atoms with Gasteiger partial charge in [0.05, 0.1) is 25.0 Å². The minimum Gasteiger partial charge on any atom is -0.370 e. The van der Waals surface area contributed by atoms with E-state index < -0.39 is 11.9 Å². The number of amides is 2. The highest BCUT2D eigenvalue weighted by Gasteiger charge is 2.22. The molecular weight excluding hydrogens is 196 g/mol. The first-order valence-corrected chi connectivity index (χ1v) is 4.57. The second kappa shape index (κ2) is 5.98. The molecule has 4 N–H and O–H groups in total. The van der Waals surface area contributed by atoms with Gasteiger partial charge in [-0.05, 0) is 6.92 Å². The Labute approximate surface area is 88.8 Å². The maximum atomic E-state index is 11.6. The molecule has 0 aliphatic rings. The molecule has 6 nitrogen and oxygen atoms in total. The number of nitrogens with two attached hydrogens (primary N) is 2. The van der Waals surface area contributed by atoms with Crippen molar-refractivity contribution in [3.63, 3.8) is 0 Å². The van der Waals surface area contributed by atoms with Crippen LogP contribution in [0.5, 0.6) is 0 Å². The number of hydrogen-bond donors (Lipinski definition) is 2. The van der Waals surface area contributed by atoms with Crippen LogP contribution in [-0.2, 0) is 9.59 Å². The normalized spacial score (nSPS) is 13.7. The molecule has 0 aromatic heterocycles. The molecule has 2 amide bonds. The molecular formula is C9H16N4O2. The summed E-state index contributed by atoms with van der Waals surface area (Å²) in [5, 5.41) is 8.46. The molecule has 0 aliphatic carbocycles. The van der Waals surface area contributed by atoms with Gasteiger partial charge in [0.2, 0.25) is 11.8 Å². The van der Waals surface area contributed by atoms with Crippen LogP contribution in [0.3, 0.4) is 0 Å². The van der Waals surface area contributed by atoms with E-state index in [0.29, 0.717) is 0 Å². The Morgan fingerprint density at radius 3 is 2.47 bits per heavy atom. The lowest BCUT2D eigenvalue weighted by Crippen LogP contribution is -2.47. The van der Waals surface area contributed by atoms with Gasteiger partial charge in [0.1, 0.15) is 0 Å². The van der Waals surface area contributed by atoms with Gasteiger partial charge in [0.15, 0.2) is 0 Å². The summed E-state index contributed by atoms with van der Waals surface area (Å²) < 4.78 is 0. The van der Waals surface area contributed by atoms with Gasteiger partial charge < -0.3 is 16.4 Å². The van der Waals surface area contributed by atoms with Crippen molar-refractivity contribution in [3.8, 4) is 6.07 Å². The predicted octanol–water partition coefficient (Wildman–Crippen LogP) is -1.05. The number of carbonyl (C=O) groups is 2. The molecule has 15 heavy (non-hydrogen) atoms. The van der Waals surface area contributed by atoms with E-state index in [1.54, 1.807) is 14.0 Å². The highest BCUT2D eigenvalue weighted by Crippen LogP contribution is 2.03. The van der Waals surface area contributed by atoms with Gasteiger partial charge in [0.25, 0.3) is 0 Å². The molecule has 2 unspecified atom stereocenters. The Bertz CT molecular complexity index is 284. The van der Waals surface area contributed by atoms with Crippen molar-refractivity contribution in [1.82, 2.24) is 4.90 Å². The Kier molecular flexibility index (Phi) is 5.34. The fourth-order valence-corrected chi connectivity index (χ4v) is 1.05. The van der Waals surface area contributed by atoms with Crippen molar-refractivity contribution < 1.29 is 9.59 Å². The summed E-state index contributed by atoms with van der Waals surface area (Å²) >= 11 is 0. The van der Waals surface area contributed by atoms with E-state index in [2.05, 4.69) is 0 Å². The van der Waals surface area contributed by atoms with Crippen molar-refractivity contribution in [1.29, 1.82) is 5.26 Å². The molecule has 2 atom stereocenters. The van der Waals surface area contributed by atoms with Crippen molar-refractivity contribution in [3.05, 3.63) is 0 Å². The maximum Gasteiger partial charge on any atom is 0.240 e. The van der Waals surface area contributed by atoms with Crippen molar-refractivity contribution in [2.45, 2.75) is 31.8 Å². The summed E-state index contributed by atoms with van der Waals surface area (Å²) in [5.74, 6) is -0.992. The average molecular weight is 212 g/mol. The number of carbonyl (C=O) groups excluding carboxylic acids is 2. The second-order valence-corrected chi connectivity index (χ2v) is 3.44. The lowest BCUT2D eigenvalue weighted by atomic mass is 10.1. The third kappa shape index (κ3) is 4.42. The van der Waals surface area contributed by atoms with E-state index in [9.17, 15) is 9.59 Å². The summed E-state index contributed by atoms with van der Waals surface area (Å²) in [6.45, 7) is 1.73. The number of nitrogens with zero attached hydrogens (tertiary/aromatic N) is 2. The number of rotatable bonds is 5. The quantitative estimate of drug-likeness (QED) is 0.605. The third-order valence-corrected chi connectivity index (χ3v) is 2.13. The van der Waals surface area contributed by atoms with E-state index in [1.165, 1.54) is 4.90 Å². The SMILES string of the molecule is CC(CC#N)N(C)C(=O)C(N)CC(N)=O. The van der Waals surface area contributed by atoms with Crippen LogP contribution < -0.4 is 11.5 Å². The molecule has 0 aliphatic heterocycles. The summed E-state index contributed by atoms with van der Waals surface area (Å²) in [5.41, 5.74) is 10.4. The maximum absolute atomic E-state index is 11.6. The van der Waals surface area contributed by atoms with Crippen LogP contribution in [0.4, 0.5) is 0 Å². The fraction of sp³-hybridized carbons (Fsp3) is 0.667. The van der Waals surface area contributed by atoms with Crippen LogP contribution in [-0.4, -0.2) is 35.8 Å². The molecule has 0 radical (unpaired) electrons. The van der Waals surface area contributed by atoms with E-state index in [4.69, 9.17) is 16.7 Å². The van der Waals surface area contributed by atoms with Crippen LogP contribution in [0.1, 0.15) is 19.8 Å². The fourth-order valence-electron chi connectivity index (χ4n) is 1.05. The number of likely N-dealkylation sites (N-methyl/N-ethyl adjacent to an activating group) is 1. The highest BCUT2D eigenvalue weighted by molar-refractivity contribution is 5.87. The summed E-state index contributed by atoms with van der Waals surface area (Å²) in [4.78, 5) is 23.5. The minimum absolute atomic E-state index is 0.178.